The fraction of sp³-hybridized carbons (Fsp3) is 0.294. The molecule has 0 saturated carbocycles. The Morgan fingerprint density at radius 2 is 1.91 bits per heavy atom. The van der Waals surface area contributed by atoms with E-state index in [0.717, 1.165) is 5.69 Å². The Balaban J connectivity index is 2.33. The van der Waals surface area contributed by atoms with E-state index < -0.39 is 0 Å². The molecule has 116 valence electrons. The van der Waals surface area contributed by atoms with Crippen molar-refractivity contribution in [3.63, 3.8) is 0 Å². The van der Waals surface area contributed by atoms with Gasteiger partial charge in [-0.15, -0.1) is 0 Å². The Labute approximate surface area is 130 Å². The van der Waals surface area contributed by atoms with Crippen LogP contribution in [0.2, 0.25) is 0 Å². The molecule has 0 unspecified atom stereocenters. The summed E-state index contributed by atoms with van der Waals surface area (Å²) in [6, 6.07) is 8.06. The summed E-state index contributed by atoms with van der Waals surface area (Å²) in [6.45, 7) is 6.25. The number of aliphatic hydroxyl groups excluding tert-OH is 1. The molecule has 0 fully saturated rings. The summed E-state index contributed by atoms with van der Waals surface area (Å²) in [5.41, 5.74) is 3.72. The summed E-state index contributed by atoms with van der Waals surface area (Å²) in [4.78, 5) is 4.04. The van der Waals surface area contributed by atoms with Gasteiger partial charge in [-0.2, -0.15) is 5.10 Å². The molecule has 1 aromatic carbocycles. The molecular formula is C17H21N3O2. The molecule has 2 rings (SSSR count). The van der Waals surface area contributed by atoms with Gasteiger partial charge in [-0.1, -0.05) is 17.7 Å². The maximum Gasteiger partial charge on any atom is 0.145 e. The van der Waals surface area contributed by atoms with Gasteiger partial charge in [-0.05, 0) is 32.9 Å². The molecular weight excluding hydrogens is 278 g/mol. The van der Waals surface area contributed by atoms with E-state index in [9.17, 15) is 10.2 Å². The Kier molecular flexibility index (Phi) is 5.12. The maximum absolute atomic E-state index is 10.1. The lowest BCUT2D eigenvalue weighted by Gasteiger charge is -2.17. The molecule has 0 radical (unpaired) electrons. The second kappa shape index (κ2) is 7.04. The molecule has 1 aromatic heterocycles. The highest BCUT2D eigenvalue weighted by Crippen LogP contribution is 2.22. The summed E-state index contributed by atoms with van der Waals surface area (Å²) >= 11 is 0. The third-order valence-electron chi connectivity index (χ3n) is 3.49. The fourth-order valence-corrected chi connectivity index (χ4v) is 2.10. The van der Waals surface area contributed by atoms with Crippen LogP contribution in [0.15, 0.2) is 35.6 Å². The fourth-order valence-electron chi connectivity index (χ4n) is 2.10. The van der Waals surface area contributed by atoms with Crippen LogP contribution >= 0.6 is 0 Å². The van der Waals surface area contributed by atoms with Crippen LogP contribution in [0.4, 0.5) is 5.69 Å². The Hall–Kier alpha value is -2.40. The van der Waals surface area contributed by atoms with Gasteiger partial charge in [0.05, 0.1) is 24.2 Å². The first-order valence-corrected chi connectivity index (χ1v) is 7.23. The molecule has 5 nitrogen and oxygen atoms in total. The number of nitrogens with zero attached hydrogens (tertiary/aromatic N) is 3. The standard InChI is InChI=1S/C17H21N3O2/c1-4-20(15-7-5-12(2)6-8-15)19-10-16-14(11-21)9-18-13(3)17(16)22/h5-10,21-22H,4,11H2,1-3H3/b19-10+. The number of rotatable bonds is 5. The van der Waals surface area contributed by atoms with Crippen LogP contribution in [0.25, 0.3) is 0 Å². The van der Waals surface area contributed by atoms with Crippen molar-refractivity contribution >= 4 is 11.9 Å². The van der Waals surface area contributed by atoms with Crippen LogP contribution in [0, 0.1) is 13.8 Å². The van der Waals surface area contributed by atoms with Crippen LogP contribution in [0.1, 0.15) is 29.3 Å². The smallest absolute Gasteiger partial charge is 0.145 e. The van der Waals surface area contributed by atoms with E-state index in [1.54, 1.807) is 19.3 Å². The largest absolute Gasteiger partial charge is 0.505 e. The molecule has 0 atom stereocenters. The zero-order chi connectivity index (χ0) is 16.1. The number of hydrogen-bond acceptors (Lipinski definition) is 5. The SMILES string of the molecule is CCN(/N=C/c1c(CO)cnc(C)c1O)c1ccc(C)cc1. The van der Waals surface area contributed by atoms with Crippen molar-refractivity contribution in [3.05, 3.63) is 52.8 Å². The lowest BCUT2D eigenvalue weighted by atomic mass is 10.1. The minimum atomic E-state index is -0.196. The van der Waals surface area contributed by atoms with E-state index in [1.807, 2.05) is 43.1 Å². The third kappa shape index (κ3) is 3.43. The highest BCUT2D eigenvalue weighted by Gasteiger charge is 2.10. The Morgan fingerprint density at radius 3 is 2.50 bits per heavy atom. The van der Waals surface area contributed by atoms with Gasteiger partial charge in [0.25, 0.3) is 0 Å². The maximum atomic E-state index is 10.1. The molecule has 5 heteroatoms. The number of aromatic nitrogens is 1. The molecule has 0 aliphatic heterocycles. The van der Waals surface area contributed by atoms with Gasteiger partial charge in [-0.25, -0.2) is 0 Å². The minimum absolute atomic E-state index is 0.0512. The molecule has 1 heterocycles. The van der Waals surface area contributed by atoms with Crippen molar-refractivity contribution < 1.29 is 10.2 Å². The molecule has 0 amide bonds. The average Bonchev–Trinajstić information content (AvgIpc) is 2.53. The predicted octanol–water partition coefficient (Wildman–Crippen LogP) is 2.76. The number of hydrazone groups is 1. The first-order valence-electron chi connectivity index (χ1n) is 7.23. The third-order valence-corrected chi connectivity index (χ3v) is 3.49. The monoisotopic (exact) mass is 299 g/mol. The van der Waals surface area contributed by atoms with E-state index >= 15 is 0 Å². The summed E-state index contributed by atoms with van der Waals surface area (Å²) in [5.74, 6) is 0.0512. The zero-order valence-electron chi connectivity index (χ0n) is 13.1. The quantitative estimate of drug-likeness (QED) is 0.658. The van der Waals surface area contributed by atoms with Crippen LogP contribution in [0.3, 0.4) is 0 Å². The van der Waals surface area contributed by atoms with Crippen LogP contribution in [0.5, 0.6) is 5.75 Å². The van der Waals surface area contributed by atoms with Gasteiger partial charge in [0.2, 0.25) is 0 Å². The second-order valence-corrected chi connectivity index (χ2v) is 5.09. The highest BCUT2D eigenvalue weighted by atomic mass is 16.3. The highest BCUT2D eigenvalue weighted by molar-refractivity contribution is 5.86. The minimum Gasteiger partial charge on any atom is -0.505 e. The van der Waals surface area contributed by atoms with Crippen molar-refractivity contribution in [1.29, 1.82) is 0 Å². The normalized spacial score (nSPS) is 11.1. The average molecular weight is 299 g/mol. The molecule has 0 saturated heterocycles. The van der Waals surface area contributed by atoms with Crippen molar-refractivity contribution in [3.8, 4) is 5.75 Å². The van der Waals surface area contributed by atoms with Crippen LogP contribution in [-0.4, -0.2) is 28.0 Å². The number of hydrogen-bond donors (Lipinski definition) is 2. The van der Waals surface area contributed by atoms with Crippen molar-refractivity contribution in [2.24, 2.45) is 5.10 Å². The van der Waals surface area contributed by atoms with E-state index in [-0.39, 0.29) is 12.4 Å². The lowest BCUT2D eigenvalue weighted by Crippen LogP contribution is -2.15. The number of benzene rings is 1. The summed E-state index contributed by atoms with van der Waals surface area (Å²) in [7, 11) is 0. The van der Waals surface area contributed by atoms with Crippen LogP contribution in [-0.2, 0) is 6.61 Å². The van der Waals surface area contributed by atoms with Crippen molar-refractivity contribution in [2.75, 3.05) is 11.6 Å². The van der Waals surface area contributed by atoms with Crippen molar-refractivity contribution in [1.82, 2.24) is 4.98 Å². The lowest BCUT2D eigenvalue weighted by molar-refractivity contribution is 0.280. The topological polar surface area (TPSA) is 69.0 Å². The van der Waals surface area contributed by atoms with Gasteiger partial charge in [0.15, 0.2) is 0 Å². The molecule has 0 aliphatic rings. The van der Waals surface area contributed by atoms with E-state index in [4.69, 9.17) is 0 Å². The number of aliphatic hydroxyl groups is 1. The van der Waals surface area contributed by atoms with Gasteiger partial charge < -0.3 is 10.2 Å². The summed E-state index contributed by atoms with van der Waals surface area (Å²) in [6.07, 6.45) is 3.12. The van der Waals surface area contributed by atoms with Gasteiger partial charge >= 0.3 is 0 Å². The van der Waals surface area contributed by atoms with Crippen molar-refractivity contribution in [2.45, 2.75) is 27.4 Å². The first-order chi connectivity index (χ1) is 10.6. The number of anilines is 1. The molecule has 0 aliphatic carbocycles. The molecule has 0 bridgehead atoms. The first kappa shape index (κ1) is 16.0. The van der Waals surface area contributed by atoms with Crippen LogP contribution < -0.4 is 5.01 Å². The summed E-state index contributed by atoms with van der Waals surface area (Å²) in [5, 5.41) is 25.8. The number of aryl methyl sites for hydroxylation is 2. The Bertz CT molecular complexity index is 666. The Morgan fingerprint density at radius 1 is 1.23 bits per heavy atom. The number of pyridine rings is 1. The van der Waals surface area contributed by atoms with E-state index in [1.165, 1.54) is 5.56 Å². The molecule has 22 heavy (non-hydrogen) atoms. The second-order valence-electron chi connectivity index (χ2n) is 5.09. The molecule has 2 aromatic rings. The molecule has 0 spiro atoms. The summed E-state index contributed by atoms with van der Waals surface area (Å²) < 4.78 is 0. The predicted molar refractivity (Wildman–Crippen MR) is 88.4 cm³/mol. The number of aromatic hydroxyl groups is 1. The van der Waals surface area contributed by atoms with Gasteiger partial charge in [-0.3, -0.25) is 9.99 Å². The van der Waals surface area contributed by atoms with Gasteiger partial charge in [0.1, 0.15) is 5.75 Å². The molecule has 2 N–H and O–H groups in total. The zero-order valence-corrected chi connectivity index (χ0v) is 13.1. The van der Waals surface area contributed by atoms with E-state index in [2.05, 4.69) is 10.1 Å². The van der Waals surface area contributed by atoms with Gasteiger partial charge in [0, 0.05) is 23.9 Å². The van der Waals surface area contributed by atoms with E-state index in [0.29, 0.717) is 23.4 Å².